The topological polar surface area (TPSA) is 42.0 Å². The lowest BCUT2D eigenvalue weighted by atomic mass is 10.1. The molecule has 0 radical (unpaired) electrons. The SMILES string of the molecule is CN(C)C(=O)C1CCCN1Cc1cc(Cl)c2c(c1)OCCCO2. The van der Waals surface area contributed by atoms with E-state index in [0.29, 0.717) is 36.3 Å². The fraction of sp³-hybridized carbons (Fsp3) is 0.588. The molecule has 0 bridgehead atoms. The number of benzene rings is 1. The number of nitrogens with zero attached hydrogens (tertiary/aromatic N) is 2. The number of halogens is 1. The first-order valence-corrected chi connectivity index (χ1v) is 8.47. The molecule has 0 N–H and O–H groups in total. The molecule has 2 aliphatic heterocycles. The van der Waals surface area contributed by atoms with E-state index in [4.69, 9.17) is 21.1 Å². The summed E-state index contributed by atoms with van der Waals surface area (Å²) in [6.45, 7) is 2.88. The molecule has 6 heteroatoms. The third-order valence-electron chi connectivity index (χ3n) is 4.34. The second-order valence-corrected chi connectivity index (χ2v) is 6.72. The Kier molecular flexibility index (Phi) is 4.97. The fourth-order valence-corrected chi connectivity index (χ4v) is 3.49. The van der Waals surface area contributed by atoms with Gasteiger partial charge in [-0.3, -0.25) is 9.69 Å². The van der Waals surface area contributed by atoms with Crippen molar-refractivity contribution in [2.75, 3.05) is 33.9 Å². The first-order chi connectivity index (χ1) is 11.1. The number of likely N-dealkylation sites (tertiary alicyclic amines) is 1. The van der Waals surface area contributed by atoms with Crippen LogP contribution in [0.1, 0.15) is 24.8 Å². The molecule has 1 aromatic carbocycles. The van der Waals surface area contributed by atoms with Crippen molar-refractivity contribution < 1.29 is 14.3 Å². The standard InChI is InChI=1S/C17H23ClN2O3/c1-19(2)17(21)14-5-3-6-20(14)11-12-9-13(18)16-15(10-12)22-7-4-8-23-16/h9-10,14H,3-8,11H2,1-2H3. The van der Waals surface area contributed by atoms with Crippen molar-refractivity contribution in [3.63, 3.8) is 0 Å². The Bertz CT molecular complexity index is 591. The van der Waals surface area contributed by atoms with Gasteiger partial charge in [0.05, 0.1) is 24.3 Å². The van der Waals surface area contributed by atoms with Gasteiger partial charge in [0.15, 0.2) is 11.5 Å². The fourth-order valence-electron chi connectivity index (χ4n) is 3.20. The number of carbonyl (C=O) groups excluding carboxylic acids is 1. The average Bonchev–Trinajstić information content (AvgIpc) is 2.82. The molecule has 0 aromatic heterocycles. The number of amides is 1. The average molecular weight is 339 g/mol. The van der Waals surface area contributed by atoms with Crippen LogP contribution in [0.5, 0.6) is 11.5 Å². The number of hydrogen-bond acceptors (Lipinski definition) is 4. The first kappa shape index (κ1) is 16.4. The molecule has 23 heavy (non-hydrogen) atoms. The lowest BCUT2D eigenvalue weighted by molar-refractivity contribution is -0.133. The van der Waals surface area contributed by atoms with Gasteiger partial charge in [-0.15, -0.1) is 0 Å². The summed E-state index contributed by atoms with van der Waals surface area (Å²) < 4.78 is 11.4. The molecular formula is C17H23ClN2O3. The van der Waals surface area contributed by atoms with Crippen molar-refractivity contribution in [2.45, 2.75) is 31.8 Å². The molecule has 1 unspecified atom stereocenters. The highest BCUT2D eigenvalue weighted by Crippen LogP contribution is 2.38. The van der Waals surface area contributed by atoms with E-state index in [9.17, 15) is 4.79 Å². The lowest BCUT2D eigenvalue weighted by Gasteiger charge is -2.26. The number of likely N-dealkylation sites (N-methyl/N-ethyl adjacent to an activating group) is 1. The maximum atomic E-state index is 12.3. The van der Waals surface area contributed by atoms with E-state index in [1.807, 2.05) is 26.2 Å². The van der Waals surface area contributed by atoms with Crippen LogP contribution >= 0.6 is 11.6 Å². The second-order valence-electron chi connectivity index (χ2n) is 6.32. The Morgan fingerprint density at radius 3 is 2.87 bits per heavy atom. The van der Waals surface area contributed by atoms with Crippen LogP contribution in [-0.2, 0) is 11.3 Å². The number of rotatable bonds is 3. The van der Waals surface area contributed by atoms with Crippen molar-refractivity contribution in [3.8, 4) is 11.5 Å². The molecule has 1 amide bonds. The summed E-state index contributed by atoms with van der Waals surface area (Å²) in [6.07, 6.45) is 2.81. The van der Waals surface area contributed by atoms with Gasteiger partial charge in [-0.2, -0.15) is 0 Å². The molecule has 0 saturated carbocycles. The maximum absolute atomic E-state index is 12.3. The van der Waals surface area contributed by atoms with E-state index >= 15 is 0 Å². The Balaban J connectivity index is 1.78. The molecule has 5 nitrogen and oxygen atoms in total. The molecule has 0 aliphatic carbocycles. The minimum atomic E-state index is -0.0419. The second kappa shape index (κ2) is 6.97. The van der Waals surface area contributed by atoms with E-state index in [0.717, 1.165) is 31.4 Å². The normalized spacial score (nSPS) is 21.1. The summed E-state index contributed by atoms with van der Waals surface area (Å²) in [4.78, 5) is 16.2. The Morgan fingerprint density at radius 2 is 2.09 bits per heavy atom. The number of ether oxygens (including phenoxy) is 2. The number of fused-ring (bicyclic) bond motifs is 1. The Hall–Kier alpha value is -1.46. The molecule has 1 atom stereocenters. The van der Waals surface area contributed by atoms with Crippen molar-refractivity contribution >= 4 is 17.5 Å². The molecule has 2 aliphatic rings. The quantitative estimate of drug-likeness (QED) is 0.849. The van der Waals surface area contributed by atoms with Crippen LogP contribution in [0, 0.1) is 0 Å². The van der Waals surface area contributed by atoms with Crippen LogP contribution < -0.4 is 9.47 Å². The highest BCUT2D eigenvalue weighted by Gasteiger charge is 2.31. The van der Waals surface area contributed by atoms with Gasteiger partial charge >= 0.3 is 0 Å². The van der Waals surface area contributed by atoms with Gasteiger partial charge in [-0.25, -0.2) is 0 Å². The van der Waals surface area contributed by atoms with Crippen LogP contribution in [0.15, 0.2) is 12.1 Å². The van der Waals surface area contributed by atoms with Crippen molar-refractivity contribution in [2.24, 2.45) is 0 Å². The van der Waals surface area contributed by atoms with Gasteiger partial charge < -0.3 is 14.4 Å². The van der Waals surface area contributed by atoms with Gasteiger partial charge in [0.1, 0.15) is 0 Å². The Labute approximate surface area is 142 Å². The van der Waals surface area contributed by atoms with E-state index in [-0.39, 0.29) is 11.9 Å². The highest BCUT2D eigenvalue weighted by molar-refractivity contribution is 6.32. The molecular weight excluding hydrogens is 316 g/mol. The van der Waals surface area contributed by atoms with Gasteiger partial charge in [-0.05, 0) is 37.1 Å². The zero-order valence-corrected chi connectivity index (χ0v) is 14.4. The van der Waals surface area contributed by atoms with Crippen LogP contribution in [0.25, 0.3) is 0 Å². The first-order valence-electron chi connectivity index (χ1n) is 8.09. The summed E-state index contributed by atoms with van der Waals surface area (Å²) in [7, 11) is 3.62. The van der Waals surface area contributed by atoms with Gasteiger partial charge in [0, 0.05) is 27.1 Å². The van der Waals surface area contributed by atoms with Gasteiger partial charge in [0.2, 0.25) is 5.91 Å². The third-order valence-corrected chi connectivity index (χ3v) is 4.62. The molecule has 2 heterocycles. The molecule has 1 aromatic rings. The van der Waals surface area contributed by atoms with Crippen LogP contribution in [0.2, 0.25) is 5.02 Å². The van der Waals surface area contributed by atoms with E-state index in [2.05, 4.69) is 4.90 Å². The molecule has 3 rings (SSSR count). The van der Waals surface area contributed by atoms with E-state index < -0.39 is 0 Å². The zero-order valence-electron chi connectivity index (χ0n) is 13.7. The predicted octanol–water partition coefficient (Wildman–Crippen LogP) is 2.55. The highest BCUT2D eigenvalue weighted by atomic mass is 35.5. The van der Waals surface area contributed by atoms with Crippen LogP contribution in [0.4, 0.5) is 0 Å². The monoisotopic (exact) mass is 338 g/mol. The maximum Gasteiger partial charge on any atom is 0.239 e. The van der Waals surface area contributed by atoms with Crippen molar-refractivity contribution in [1.29, 1.82) is 0 Å². The predicted molar refractivity (Wildman–Crippen MR) is 89.2 cm³/mol. The van der Waals surface area contributed by atoms with Crippen molar-refractivity contribution in [3.05, 3.63) is 22.7 Å². The molecule has 126 valence electrons. The third kappa shape index (κ3) is 3.56. The zero-order chi connectivity index (χ0) is 16.4. The summed E-state index contributed by atoms with van der Waals surface area (Å²) in [6, 6.07) is 3.87. The lowest BCUT2D eigenvalue weighted by Crippen LogP contribution is -2.42. The largest absolute Gasteiger partial charge is 0.489 e. The van der Waals surface area contributed by atoms with E-state index in [1.165, 1.54) is 0 Å². The smallest absolute Gasteiger partial charge is 0.239 e. The van der Waals surface area contributed by atoms with Crippen molar-refractivity contribution in [1.82, 2.24) is 9.80 Å². The Morgan fingerprint density at radius 1 is 1.30 bits per heavy atom. The van der Waals surface area contributed by atoms with Crippen LogP contribution in [0.3, 0.4) is 0 Å². The van der Waals surface area contributed by atoms with E-state index in [1.54, 1.807) is 4.90 Å². The number of hydrogen-bond donors (Lipinski definition) is 0. The molecule has 0 spiro atoms. The minimum Gasteiger partial charge on any atom is -0.489 e. The summed E-state index contributed by atoms with van der Waals surface area (Å²) in [5, 5.41) is 0.578. The van der Waals surface area contributed by atoms with Crippen LogP contribution in [-0.4, -0.2) is 55.6 Å². The summed E-state index contributed by atoms with van der Waals surface area (Å²) in [5.41, 5.74) is 1.05. The summed E-state index contributed by atoms with van der Waals surface area (Å²) >= 11 is 6.36. The minimum absolute atomic E-state index is 0.0419. The summed E-state index contributed by atoms with van der Waals surface area (Å²) in [5.74, 6) is 1.51. The molecule has 1 fully saturated rings. The molecule has 1 saturated heterocycles. The number of carbonyl (C=O) groups is 1. The van der Waals surface area contributed by atoms with Gasteiger partial charge in [-0.1, -0.05) is 11.6 Å². The van der Waals surface area contributed by atoms with Gasteiger partial charge in [0.25, 0.3) is 0 Å².